The molecule has 0 aliphatic heterocycles. The van der Waals surface area contributed by atoms with Crippen LogP contribution in [-0.2, 0) is 0 Å². The molecule has 0 fully saturated rings. The van der Waals surface area contributed by atoms with Crippen molar-refractivity contribution in [1.82, 2.24) is 0 Å². The van der Waals surface area contributed by atoms with Crippen LogP contribution in [0.15, 0.2) is 91.0 Å². The van der Waals surface area contributed by atoms with Crippen LogP contribution in [0.1, 0.15) is 0 Å². The molecule has 0 N–H and O–H groups in total. The highest BCUT2D eigenvalue weighted by Crippen LogP contribution is 2.55. The maximum absolute atomic E-state index is 14.4. The number of rotatable bonds is 4. The van der Waals surface area contributed by atoms with E-state index in [2.05, 4.69) is 0 Å². The highest BCUT2D eigenvalue weighted by molar-refractivity contribution is 7.95. The lowest BCUT2D eigenvalue weighted by Crippen LogP contribution is -2.42. The zero-order valence-corrected chi connectivity index (χ0v) is 14.9. The Morgan fingerprint density at radius 1 is 0.600 bits per heavy atom. The molecular formula is C19H17ClFO3P. The molecule has 0 spiro atoms. The molecule has 0 amide bonds. The molecular weight excluding hydrogens is 362 g/mol. The SMILES string of the molecule is FC[P+](c1ccccc1)(c1ccccc1)c1ccccc1.[O-][Cl+2]([O-])[O-]. The Labute approximate surface area is 150 Å². The second kappa shape index (κ2) is 9.62. The summed E-state index contributed by atoms with van der Waals surface area (Å²) in [5.74, 6) is 0. The van der Waals surface area contributed by atoms with Gasteiger partial charge in [-0.2, -0.15) is 0 Å². The standard InChI is InChI=1S/C19H17FP.ClO3/c20-16-21(17-10-4-1-5-11-17,18-12-6-2-7-13-18)19-14-8-3-9-15-19;2-1(3)4/h1-15H,16H2;/q+1;-1. The van der Waals surface area contributed by atoms with E-state index in [1.165, 1.54) is 0 Å². The Morgan fingerprint density at radius 3 is 1.04 bits per heavy atom. The van der Waals surface area contributed by atoms with Gasteiger partial charge in [0.05, 0.1) is 10.8 Å². The van der Waals surface area contributed by atoms with Gasteiger partial charge in [-0.05, 0) is 36.4 Å². The van der Waals surface area contributed by atoms with Crippen molar-refractivity contribution in [3.8, 4) is 0 Å². The molecule has 0 aliphatic carbocycles. The van der Waals surface area contributed by atoms with Crippen LogP contribution >= 0.6 is 7.26 Å². The highest BCUT2D eigenvalue weighted by Gasteiger charge is 2.45. The molecule has 3 nitrogen and oxygen atoms in total. The first-order chi connectivity index (χ1) is 12.1. The predicted molar refractivity (Wildman–Crippen MR) is 91.1 cm³/mol. The number of alkyl halides is 1. The summed E-state index contributed by atoms with van der Waals surface area (Å²) in [6.45, 7) is 0. The third kappa shape index (κ3) is 4.85. The Hall–Kier alpha value is -1.81. The molecule has 130 valence electrons. The van der Waals surface area contributed by atoms with Gasteiger partial charge < -0.3 is 14.0 Å². The quantitative estimate of drug-likeness (QED) is 0.615. The van der Waals surface area contributed by atoms with E-state index < -0.39 is 18.0 Å². The molecule has 0 saturated carbocycles. The lowest BCUT2D eigenvalue weighted by molar-refractivity contribution is -1.73. The topological polar surface area (TPSA) is 69.2 Å². The van der Waals surface area contributed by atoms with Crippen molar-refractivity contribution >= 4 is 23.2 Å². The van der Waals surface area contributed by atoms with Gasteiger partial charge in [-0.25, -0.2) is 4.39 Å². The Bertz CT molecular complexity index is 643. The van der Waals surface area contributed by atoms with Gasteiger partial charge in [0, 0.05) is 0 Å². The third-order valence-electron chi connectivity index (χ3n) is 3.77. The molecule has 0 bridgehead atoms. The number of hydrogen-bond acceptors (Lipinski definition) is 3. The first-order valence-electron chi connectivity index (χ1n) is 7.45. The summed E-state index contributed by atoms with van der Waals surface area (Å²) < 4.78 is 39.6. The predicted octanol–water partition coefficient (Wildman–Crippen LogP) is 0.340. The largest absolute Gasteiger partial charge is 0.357 e. The average molecular weight is 379 g/mol. The molecule has 0 atom stereocenters. The second-order valence-corrected chi connectivity index (χ2v) is 8.91. The van der Waals surface area contributed by atoms with Crippen LogP contribution < -0.4 is 29.9 Å². The Balaban J connectivity index is 0.000000511. The Morgan fingerprint density at radius 2 is 0.840 bits per heavy atom. The molecule has 0 aliphatic rings. The fraction of sp³-hybridized carbons (Fsp3) is 0.0526. The van der Waals surface area contributed by atoms with Crippen molar-refractivity contribution in [2.75, 3.05) is 6.42 Å². The molecule has 3 aromatic rings. The van der Waals surface area contributed by atoms with Crippen molar-refractivity contribution in [1.29, 1.82) is 0 Å². The van der Waals surface area contributed by atoms with Crippen LogP contribution in [0.2, 0.25) is 0 Å². The summed E-state index contributed by atoms with van der Waals surface area (Å²) in [7, 11) is -5.05. The van der Waals surface area contributed by atoms with E-state index in [-0.39, 0.29) is 6.42 Å². The highest BCUT2D eigenvalue weighted by atomic mass is 35.6. The summed E-state index contributed by atoms with van der Waals surface area (Å²) >= 11 is 0. The van der Waals surface area contributed by atoms with Crippen LogP contribution in [0.4, 0.5) is 4.39 Å². The summed E-state index contributed by atoms with van der Waals surface area (Å²) in [6.07, 6.45) is -0.356. The van der Waals surface area contributed by atoms with E-state index >= 15 is 0 Å². The van der Waals surface area contributed by atoms with Crippen molar-refractivity contribution in [3.05, 3.63) is 91.0 Å². The molecule has 3 rings (SSSR count). The number of hydrogen-bond donors (Lipinski definition) is 0. The van der Waals surface area contributed by atoms with Gasteiger partial charge in [0.15, 0.2) is 0 Å². The summed E-state index contributed by atoms with van der Waals surface area (Å²) in [6, 6.07) is 30.2. The van der Waals surface area contributed by atoms with Crippen molar-refractivity contribution < 1.29 is 29.2 Å². The van der Waals surface area contributed by atoms with Gasteiger partial charge in [-0.15, -0.1) is 0 Å². The van der Waals surface area contributed by atoms with E-state index in [9.17, 15) is 4.39 Å². The van der Waals surface area contributed by atoms with E-state index in [4.69, 9.17) is 14.0 Å². The van der Waals surface area contributed by atoms with Crippen LogP contribution in [0.5, 0.6) is 0 Å². The first-order valence-corrected chi connectivity index (χ1v) is 10.3. The minimum atomic E-state index is -2.85. The first kappa shape index (κ1) is 19.5. The molecule has 0 aromatic heterocycles. The van der Waals surface area contributed by atoms with Crippen molar-refractivity contribution in [3.63, 3.8) is 0 Å². The molecule has 25 heavy (non-hydrogen) atoms. The lowest BCUT2D eigenvalue weighted by Gasteiger charge is -2.24. The maximum atomic E-state index is 14.4. The van der Waals surface area contributed by atoms with E-state index in [1.807, 2.05) is 91.0 Å². The van der Waals surface area contributed by atoms with Crippen molar-refractivity contribution in [2.45, 2.75) is 0 Å². The number of benzene rings is 3. The zero-order valence-electron chi connectivity index (χ0n) is 13.3. The summed E-state index contributed by atoms with van der Waals surface area (Å²) in [5, 5.41) is 3.26. The minimum absolute atomic E-state index is 0.356. The molecule has 3 aromatic carbocycles. The van der Waals surface area contributed by atoms with Gasteiger partial charge in [0.1, 0.15) is 23.2 Å². The molecule has 0 heterocycles. The number of halogens is 2. The second-order valence-electron chi connectivity index (χ2n) is 5.12. The molecule has 0 saturated heterocycles. The fourth-order valence-corrected chi connectivity index (χ4v) is 6.05. The monoisotopic (exact) mass is 378 g/mol. The summed E-state index contributed by atoms with van der Waals surface area (Å²) in [5.41, 5.74) is 0. The normalized spacial score (nSPS) is 10.9. The van der Waals surface area contributed by atoms with Crippen LogP contribution in [0, 0.1) is 10.8 Å². The van der Waals surface area contributed by atoms with Crippen LogP contribution in [0.3, 0.4) is 0 Å². The maximum Gasteiger partial charge on any atom is 0.210 e. The fourth-order valence-electron chi connectivity index (χ4n) is 2.70. The smallest absolute Gasteiger partial charge is 0.210 e. The van der Waals surface area contributed by atoms with Crippen molar-refractivity contribution in [2.24, 2.45) is 0 Å². The van der Waals surface area contributed by atoms with Gasteiger partial charge in [0.2, 0.25) is 6.42 Å². The average Bonchev–Trinajstić information content (AvgIpc) is 2.65. The molecule has 6 heteroatoms. The molecule has 0 radical (unpaired) electrons. The van der Waals surface area contributed by atoms with Crippen LogP contribution in [-0.4, -0.2) is 6.42 Å². The van der Waals surface area contributed by atoms with Gasteiger partial charge >= 0.3 is 0 Å². The van der Waals surface area contributed by atoms with Gasteiger partial charge in [0.25, 0.3) is 0 Å². The molecule has 0 unspecified atom stereocenters. The zero-order chi connectivity index (χ0) is 18.1. The van der Waals surface area contributed by atoms with Crippen LogP contribution in [0.25, 0.3) is 0 Å². The summed E-state index contributed by atoms with van der Waals surface area (Å²) in [4.78, 5) is 0. The van der Waals surface area contributed by atoms with Gasteiger partial charge in [-0.1, -0.05) is 54.6 Å². The van der Waals surface area contributed by atoms with E-state index in [1.54, 1.807) is 0 Å². The Kier molecular flexibility index (Phi) is 7.51. The lowest BCUT2D eigenvalue weighted by atomic mass is 10.4. The van der Waals surface area contributed by atoms with E-state index in [0.717, 1.165) is 15.9 Å². The van der Waals surface area contributed by atoms with Gasteiger partial charge in [-0.3, -0.25) is 0 Å². The minimum Gasteiger partial charge on any atom is -0.357 e. The third-order valence-corrected chi connectivity index (χ3v) is 7.67. The van der Waals surface area contributed by atoms with E-state index in [0.29, 0.717) is 0 Å².